The van der Waals surface area contributed by atoms with Gasteiger partial charge in [0.25, 0.3) is 0 Å². The summed E-state index contributed by atoms with van der Waals surface area (Å²) in [5.74, 6) is 1.97. The van der Waals surface area contributed by atoms with Gasteiger partial charge in [-0.05, 0) is 22.0 Å². The molecule has 0 saturated heterocycles. The number of amides is 1. The molecule has 1 heterocycles. The molecule has 1 amide bonds. The fourth-order valence-electron chi connectivity index (χ4n) is 0.944. The number of halogens is 2. The summed E-state index contributed by atoms with van der Waals surface area (Å²) in [7, 11) is 0. The predicted molar refractivity (Wildman–Crippen MR) is 67.0 cm³/mol. The highest BCUT2D eigenvalue weighted by Gasteiger charge is 2.12. The summed E-state index contributed by atoms with van der Waals surface area (Å²) in [6.07, 6.45) is 6.68. The summed E-state index contributed by atoms with van der Waals surface area (Å²) in [5, 5.41) is 2.91. The molecule has 1 unspecified atom stereocenters. The molecular formula is C10H9BrClN3O. The molecule has 4 nitrogen and oxygen atoms in total. The van der Waals surface area contributed by atoms with Crippen LogP contribution in [-0.2, 0) is 4.79 Å². The SMILES string of the molecule is C#CCC(N)C(=O)Nc1cnc(Cl)c(Br)c1. The van der Waals surface area contributed by atoms with Gasteiger partial charge in [-0.3, -0.25) is 4.79 Å². The van der Waals surface area contributed by atoms with Gasteiger partial charge >= 0.3 is 0 Å². The number of hydrogen-bond donors (Lipinski definition) is 2. The number of anilines is 1. The van der Waals surface area contributed by atoms with Gasteiger partial charge in [0.15, 0.2) is 0 Å². The second-order valence-electron chi connectivity index (χ2n) is 3.00. The lowest BCUT2D eigenvalue weighted by Gasteiger charge is -2.09. The number of rotatable bonds is 3. The summed E-state index contributed by atoms with van der Waals surface area (Å²) in [5.41, 5.74) is 6.04. The molecule has 16 heavy (non-hydrogen) atoms. The fourth-order valence-corrected chi connectivity index (χ4v) is 1.40. The summed E-state index contributed by atoms with van der Waals surface area (Å²) in [6, 6.07) is 0.912. The van der Waals surface area contributed by atoms with E-state index in [1.165, 1.54) is 6.20 Å². The number of nitrogens with zero attached hydrogens (tertiary/aromatic N) is 1. The second kappa shape index (κ2) is 5.85. The van der Waals surface area contributed by atoms with Crippen molar-refractivity contribution in [1.29, 1.82) is 0 Å². The van der Waals surface area contributed by atoms with E-state index < -0.39 is 6.04 Å². The Morgan fingerprint density at radius 2 is 2.50 bits per heavy atom. The zero-order valence-corrected chi connectivity index (χ0v) is 10.5. The Labute approximate surface area is 107 Å². The van der Waals surface area contributed by atoms with Crippen molar-refractivity contribution in [2.75, 3.05) is 5.32 Å². The number of pyridine rings is 1. The molecule has 0 spiro atoms. The molecule has 0 saturated carbocycles. The third-order valence-electron chi connectivity index (χ3n) is 1.74. The Morgan fingerprint density at radius 1 is 1.81 bits per heavy atom. The monoisotopic (exact) mass is 301 g/mol. The first-order chi connectivity index (χ1) is 7.54. The van der Waals surface area contributed by atoms with Gasteiger partial charge in [0.05, 0.1) is 22.4 Å². The summed E-state index contributed by atoms with van der Waals surface area (Å²) in [4.78, 5) is 15.4. The molecule has 6 heteroatoms. The molecular weight excluding hydrogens is 293 g/mol. The average molecular weight is 303 g/mol. The van der Waals surface area contributed by atoms with Gasteiger partial charge < -0.3 is 11.1 Å². The van der Waals surface area contributed by atoms with E-state index >= 15 is 0 Å². The number of carbonyl (C=O) groups excluding carboxylic acids is 1. The van der Waals surface area contributed by atoms with Crippen molar-refractivity contribution in [3.63, 3.8) is 0 Å². The van der Waals surface area contributed by atoms with Gasteiger partial charge in [0.1, 0.15) is 5.15 Å². The minimum absolute atomic E-state index is 0.189. The topological polar surface area (TPSA) is 68.0 Å². The van der Waals surface area contributed by atoms with Gasteiger partial charge in [0.2, 0.25) is 5.91 Å². The zero-order valence-electron chi connectivity index (χ0n) is 8.21. The van der Waals surface area contributed by atoms with Crippen LogP contribution in [0, 0.1) is 12.3 Å². The molecule has 0 aliphatic heterocycles. The number of nitrogens with two attached hydrogens (primary N) is 1. The maximum atomic E-state index is 11.5. The lowest BCUT2D eigenvalue weighted by atomic mass is 10.2. The van der Waals surface area contributed by atoms with Crippen LogP contribution in [0.1, 0.15) is 6.42 Å². The van der Waals surface area contributed by atoms with Gasteiger partial charge in [-0.2, -0.15) is 0 Å². The first-order valence-corrected chi connectivity index (χ1v) is 5.52. The predicted octanol–water partition coefficient (Wildman–Crippen LogP) is 1.79. The lowest BCUT2D eigenvalue weighted by molar-refractivity contribution is -0.117. The van der Waals surface area contributed by atoms with Crippen LogP contribution in [0.2, 0.25) is 5.15 Å². The molecule has 0 aliphatic carbocycles. The third kappa shape index (κ3) is 3.49. The largest absolute Gasteiger partial charge is 0.323 e. The highest BCUT2D eigenvalue weighted by Crippen LogP contribution is 2.22. The quantitative estimate of drug-likeness (QED) is 0.661. The van der Waals surface area contributed by atoms with Crippen molar-refractivity contribution in [3.8, 4) is 12.3 Å². The van der Waals surface area contributed by atoms with Gasteiger partial charge in [-0.25, -0.2) is 4.98 Å². The van der Waals surface area contributed by atoms with Gasteiger partial charge in [-0.1, -0.05) is 11.6 Å². The molecule has 0 fully saturated rings. The van der Waals surface area contributed by atoms with E-state index in [0.29, 0.717) is 15.3 Å². The molecule has 1 rings (SSSR count). The minimum Gasteiger partial charge on any atom is -0.323 e. The van der Waals surface area contributed by atoms with E-state index in [1.807, 2.05) is 0 Å². The molecule has 3 N–H and O–H groups in total. The summed E-state index contributed by atoms with van der Waals surface area (Å²) >= 11 is 8.90. The van der Waals surface area contributed by atoms with Crippen LogP contribution >= 0.6 is 27.5 Å². The fraction of sp³-hybridized carbons (Fsp3) is 0.200. The van der Waals surface area contributed by atoms with Crippen LogP contribution < -0.4 is 11.1 Å². The van der Waals surface area contributed by atoms with Gasteiger partial charge in [0, 0.05) is 6.42 Å². The molecule has 0 bridgehead atoms. The third-order valence-corrected chi connectivity index (χ3v) is 2.87. The van der Waals surface area contributed by atoms with Crippen molar-refractivity contribution in [2.24, 2.45) is 5.73 Å². The molecule has 0 radical (unpaired) electrons. The van der Waals surface area contributed by atoms with Gasteiger partial charge in [-0.15, -0.1) is 12.3 Å². The molecule has 1 atom stereocenters. The van der Waals surface area contributed by atoms with Crippen molar-refractivity contribution in [3.05, 3.63) is 21.9 Å². The first kappa shape index (κ1) is 13.0. The van der Waals surface area contributed by atoms with Crippen LogP contribution in [0.4, 0.5) is 5.69 Å². The number of terminal acetylenes is 1. The number of hydrogen-bond acceptors (Lipinski definition) is 3. The molecule has 1 aromatic rings. The Hall–Kier alpha value is -1.09. The van der Waals surface area contributed by atoms with Crippen LogP contribution in [0.3, 0.4) is 0 Å². The maximum Gasteiger partial charge on any atom is 0.242 e. The van der Waals surface area contributed by atoms with E-state index in [-0.39, 0.29) is 12.3 Å². The number of aromatic nitrogens is 1. The molecule has 1 aromatic heterocycles. The molecule has 0 aromatic carbocycles. The smallest absolute Gasteiger partial charge is 0.242 e. The minimum atomic E-state index is -0.723. The van der Waals surface area contributed by atoms with E-state index in [2.05, 4.69) is 32.2 Å². The maximum absolute atomic E-state index is 11.5. The standard InChI is InChI=1S/C10H9BrClN3O/c1-2-3-8(13)10(16)15-6-4-7(11)9(12)14-5-6/h1,4-5,8H,3,13H2,(H,15,16). The highest BCUT2D eigenvalue weighted by atomic mass is 79.9. The Morgan fingerprint density at radius 3 is 3.06 bits per heavy atom. The van der Waals surface area contributed by atoms with E-state index in [4.69, 9.17) is 23.8 Å². The average Bonchev–Trinajstić information content (AvgIpc) is 2.24. The van der Waals surface area contributed by atoms with Crippen LogP contribution in [0.25, 0.3) is 0 Å². The van der Waals surface area contributed by atoms with Crippen molar-refractivity contribution in [1.82, 2.24) is 4.98 Å². The summed E-state index contributed by atoms with van der Waals surface area (Å²) in [6.45, 7) is 0. The van der Waals surface area contributed by atoms with Crippen molar-refractivity contribution in [2.45, 2.75) is 12.5 Å². The normalized spacial score (nSPS) is 11.6. The van der Waals surface area contributed by atoms with Crippen molar-refractivity contribution < 1.29 is 4.79 Å². The van der Waals surface area contributed by atoms with Crippen LogP contribution in [-0.4, -0.2) is 16.9 Å². The molecule has 84 valence electrons. The van der Waals surface area contributed by atoms with E-state index in [1.54, 1.807) is 6.07 Å². The second-order valence-corrected chi connectivity index (χ2v) is 4.21. The van der Waals surface area contributed by atoms with Crippen LogP contribution in [0.15, 0.2) is 16.7 Å². The lowest BCUT2D eigenvalue weighted by Crippen LogP contribution is -2.35. The molecule has 0 aliphatic rings. The van der Waals surface area contributed by atoms with Crippen molar-refractivity contribution >= 4 is 39.1 Å². The van der Waals surface area contributed by atoms with E-state index in [0.717, 1.165) is 0 Å². The Balaban J connectivity index is 2.70. The Kier molecular flexibility index (Phi) is 4.74. The van der Waals surface area contributed by atoms with Crippen LogP contribution in [0.5, 0.6) is 0 Å². The Bertz CT molecular complexity index is 444. The first-order valence-electron chi connectivity index (χ1n) is 4.35. The highest BCUT2D eigenvalue weighted by molar-refractivity contribution is 9.10. The summed E-state index contributed by atoms with van der Waals surface area (Å²) < 4.78 is 0.595. The van der Waals surface area contributed by atoms with E-state index in [9.17, 15) is 4.79 Å². The number of carbonyl (C=O) groups is 1. The number of nitrogens with one attached hydrogen (secondary N) is 1. The zero-order chi connectivity index (χ0) is 12.1.